The van der Waals surface area contributed by atoms with Crippen molar-refractivity contribution in [2.75, 3.05) is 129 Å². The van der Waals surface area contributed by atoms with Gasteiger partial charge in [-0.3, -0.25) is 38.7 Å². The summed E-state index contributed by atoms with van der Waals surface area (Å²) < 4.78 is 64.6. The van der Waals surface area contributed by atoms with E-state index in [-0.39, 0.29) is 55.4 Å². The van der Waals surface area contributed by atoms with Gasteiger partial charge in [-0.05, 0) is 149 Å². The van der Waals surface area contributed by atoms with Gasteiger partial charge in [-0.2, -0.15) is 9.78 Å². The van der Waals surface area contributed by atoms with Crippen LogP contribution in [-0.4, -0.2) is 213 Å². The lowest BCUT2D eigenvalue weighted by molar-refractivity contribution is -0.0698. The number of halogens is 2. The highest BCUT2D eigenvalue weighted by atomic mass is 19.1. The van der Waals surface area contributed by atoms with Gasteiger partial charge in [0.2, 0.25) is 0 Å². The number of hydrogen-bond donors (Lipinski definition) is 3. The van der Waals surface area contributed by atoms with Crippen molar-refractivity contribution in [3.05, 3.63) is 192 Å². The molecule has 0 bridgehead atoms. The van der Waals surface area contributed by atoms with E-state index in [0.29, 0.717) is 82.5 Å². The van der Waals surface area contributed by atoms with Gasteiger partial charge in [0.25, 0.3) is 22.2 Å². The third kappa shape index (κ3) is 17.5. The van der Waals surface area contributed by atoms with Crippen molar-refractivity contribution < 1.29 is 37.1 Å². The molecule has 3 N–H and O–H groups in total. The Hall–Kier alpha value is -10.0. The van der Waals surface area contributed by atoms with Crippen molar-refractivity contribution in [1.82, 2.24) is 53.1 Å². The smallest absolute Gasteiger partial charge is 0.399 e. The Balaban J connectivity index is 0.000000151. The van der Waals surface area contributed by atoms with E-state index in [1.54, 1.807) is 60.9 Å². The summed E-state index contributed by atoms with van der Waals surface area (Å²) in [5.41, 5.74) is 4.36. The van der Waals surface area contributed by atoms with Crippen LogP contribution in [0, 0.1) is 18.6 Å². The molecule has 30 heteroatoms. The number of carbonyl (C=O) groups is 1. The van der Waals surface area contributed by atoms with Crippen LogP contribution in [0.3, 0.4) is 0 Å². The summed E-state index contributed by atoms with van der Waals surface area (Å²) >= 11 is 0. The highest BCUT2D eigenvalue weighted by molar-refractivity contribution is 6.62. The normalized spacial score (nSPS) is 20.1. The quantitative estimate of drug-likeness (QED) is 0.0502. The number of piperazine rings is 3. The molecule has 614 valence electrons. The fourth-order valence-corrected chi connectivity index (χ4v) is 16.1. The van der Waals surface area contributed by atoms with Gasteiger partial charge in [-0.1, -0.05) is 41.5 Å². The largest absolute Gasteiger partial charge is 0.496 e. The number of aromatic nitrogens is 8. The number of fused-ring (bicyclic) bond motifs is 1. The first-order chi connectivity index (χ1) is 55.5. The average molecular weight is 1590 g/mol. The first kappa shape index (κ1) is 82.5. The van der Waals surface area contributed by atoms with Crippen LogP contribution in [-0.2, 0) is 50.1 Å². The molecular weight excluding hydrogens is 1480 g/mol. The van der Waals surface area contributed by atoms with Crippen molar-refractivity contribution >= 4 is 81.2 Å². The van der Waals surface area contributed by atoms with E-state index >= 15 is 8.78 Å². The van der Waals surface area contributed by atoms with E-state index in [9.17, 15) is 24.0 Å². The van der Waals surface area contributed by atoms with Crippen LogP contribution >= 0.6 is 0 Å². The topological polar surface area (TPSA) is 258 Å². The molecule has 7 saturated heterocycles. The zero-order valence-electron chi connectivity index (χ0n) is 69.0. The number of aldehydes is 1. The molecule has 0 spiro atoms. The fourth-order valence-electron chi connectivity index (χ4n) is 16.1. The van der Waals surface area contributed by atoms with Gasteiger partial charge in [0.1, 0.15) is 46.2 Å². The minimum absolute atomic E-state index is 0.0568. The van der Waals surface area contributed by atoms with E-state index < -0.39 is 35.5 Å². The lowest BCUT2D eigenvalue weighted by Gasteiger charge is -2.47. The summed E-state index contributed by atoms with van der Waals surface area (Å²) in [5.74, 6) is 0.233. The van der Waals surface area contributed by atoms with Gasteiger partial charge in [-0.25, -0.2) is 23.7 Å². The Labute approximate surface area is 675 Å². The van der Waals surface area contributed by atoms with E-state index in [4.69, 9.17) is 23.5 Å². The van der Waals surface area contributed by atoms with E-state index in [0.717, 1.165) is 163 Å². The molecule has 2 aromatic carbocycles. The van der Waals surface area contributed by atoms with Crippen LogP contribution < -0.4 is 58.3 Å². The lowest BCUT2D eigenvalue weighted by Crippen LogP contribution is -2.60. The molecule has 0 aliphatic carbocycles. The Morgan fingerprint density at radius 2 is 0.966 bits per heavy atom. The van der Waals surface area contributed by atoms with E-state index in [1.807, 2.05) is 98.2 Å². The summed E-state index contributed by atoms with van der Waals surface area (Å²) in [7, 11) is 4.49. The van der Waals surface area contributed by atoms with Gasteiger partial charge in [0, 0.05) is 145 Å². The third-order valence-corrected chi connectivity index (χ3v) is 24.1. The van der Waals surface area contributed by atoms with Crippen molar-refractivity contribution in [3.8, 4) is 16.8 Å². The molecule has 7 aliphatic rings. The zero-order chi connectivity index (χ0) is 82.2. The number of hydrogen-bond acceptors (Lipinski definition) is 23. The second-order valence-electron chi connectivity index (χ2n) is 33.5. The molecule has 0 amide bonds. The Morgan fingerprint density at radius 3 is 1.37 bits per heavy atom. The van der Waals surface area contributed by atoms with Crippen LogP contribution in [0.5, 0.6) is 0 Å². The summed E-state index contributed by atoms with van der Waals surface area (Å²) in [4.78, 5) is 93.5. The number of benzene rings is 2. The molecule has 7 fully saturated rings. The predicted octanol–water partition coefficient (Wildman–Crippen LogP) is 9.83. The summed E-state index contributed by atoms with van der Waals surface area (Å²) in [6.45, 7) is 36.5. The lowest BCUT2D eigenvalue weighted by atomic mass is 9.80. The molecule has 3 atom stereocenters. The average Bonchev–Trinajstić information content (AvgIpc) is 1.06. The number of pyridine rings is 6. The molecule has 27 nitrogen and oxygen atoms in total. The zero-order valence-corrected chi connectivity index (χ0v) is 69.0. The second kappa shape index (κ2) is 34.3. The van der Waals surface area contributed by atoms with Gasteiger partial charge in [0.05, 0.1) is 122 Å². The van der Waals surface area contributed by atoms with Crippen LogP contribution in [0.25, 0.3) is 27.6 Å². The molecule has 7 aromatic heterocycles. The standard InChI is InChI=1S/C39H41F2N7O4.C26H38BN5O4.C21H29N5O2/c1-6-27-19-46(29-21-52-22-29)9-10-47(27)28-7-8-35(42-17-28)44-33-12-24(18-45(5)37(33)50)30-14-26(40)15-34(31(30)20-49)48-38(51)36-23(16-43-48)11-25(13-32(36)41)39(2,3)4;1-7-19-15-31(21-16-34-17-21)10-11-32(19)20-8-9-23(28-13-20)29-22-12-18(14-30(6)24(22)33)27-35-25(2,3)26(4,5)36-27;1-4-16-12-25(18-13-28-14-18)7-8-26(16)17-5-6-20(22-10-17)23-19-9-15(2)11-24(3)21(19)27/h7-8,11-18,20,27,29H,6,9-10,19,21-22H2,1-5H3,(H,42,44);8-9,12-14,19,21H,7,10-11,15-17H2,1-6H3,(H,28,29);5-6,9-11,16,18H,4,7-8,12-14H2,1-3H3,(H,22,23)/t27-;19-;16-/m000/s1. The molecule has 0 radical (unpaired) electrons. The second-order valence-corrected chi connectivity index (χ2v) is 33.5. The third-order valence-electron chi connectivity index (χ3n) is 24.1. The molecule has 14 heterocycles. The maximum Gasteiger partial charge on any atom is 0.496 e. The highest BCUT2D eigenvalue weighted by Crippen LogP contribution is 2.38. The van der Waals surface area contributed by atoms with Gasteiger partial charge in [-0.15, -0.1) is 0 Å². The van der Waals surface area contributed by atoms with Crippen LogP contribution in [0.1, 0.15) is 110 Å². The number of ether oxygens (including phenoxy) is 3. The minimum atomic E-state index is -0.840. The van der Waals surface area contributed by atoms with E-state index in [2.05, 4.69) is 98.3 Å². The number of aryl methyl sites for hydroxylation is 4. The van der Waals surface area contributed by atoms with Crippen LogP contribution in [0.15, 0.2) is 141 Å². The summed E-state index contributed by atoms with van der Waals surface area (Å²) in [5, 5.41) is 13.8. The maximum absolute atomic E-state index is 15.4. The number of nitrogens with one attached hydrogen (secondary N) is 3. The van der Waals surface area contributed by atoms with E-state index in [1.165, 1.54) is 29.1 Å². The first-order valence-corrected chi connectivity index (χ1v) is 40.4. The summed E-state index contributed by atoms with van der Waals surface area (Å²) in [6, 6.07) is 25.1. The first-order valence-electron chi connectivity index (χ1n) is 40.4. The molecule has 16 rings (SSSR count). The van der Waals surface area contributed by atoms with Gasteiger partial charge >= 0.3 is 7.12 Å². The Bertz CT molecular complexity index is 5280. The summed E-state index contributed by atoms with van der Waals surface area (Å²) in [6.07, 6.45) is 15.6. The minimum Gasteiger partial charge on any atom is -0.399 e. The van der Waals surface area contributed by atoms with Crippen molar-refractivity contribution in [2.45, 2.75) is 148 Å². The number of carbonyl (C=O) groups excluding carboxylic acids is 1. The monoisotopic (exact) mass is 1590 g/mol. The number of nitrogens with zero attached hydrogens (tertiary/aromatic N) is 14. The molecule has 9 aromatic rings. The molecule has 0 saturated carbocycles. The Morgan fingerprint density at radius 1 is 0.534 bits per heavy atom. The van der Waals surface area contributed by atoms with Crippen LogP contribution in [0.4, 0.5) is 60.4 Å². The fraction of sp³-hybridized carbons (Fsp3) is 0.477. The van der Waals surface area contributed by atoms with Gasteiger partial charge < -0.3 is 67.9 Å². The molecule has 0 unspecified atom stereocenters. The molecular formula is C86H108BF2N17O10. The SMILES string of the molecule is CC[C@H]1CN(C2COC2)CCN1c1ccc(Nc2cc(-c3cc(F)cc(-n4ncc5cc(C(C)(C)C)cc(F)c5c4=O)c3C=O)cn(C)c2=O)nc1.CC[C@H]1CN(C2COC2)CCN1c1ccc(Nc2cc(B3OC(C)(C)C(C)(C)O3)cn(C)c2=O)nc1.CC[C@H]1CN(C2COC2)CCN1c1ccc(Nc2cc(C)cn(C)c2=O)nc1. The highest BCUT2D eigenvalue weighted by Gasteiger charge is 2.52. The Kier molecular flexibility index (Phi) is 24.4. The van der Waals surface area contributed by atoms with Crippen LogP contribution in [0.2, 0.25) is 0 Å². The van der Waals surface area contributed by atoms with Crippen molar-refractivity contribution in [1.29, 1.82) is 0 Å². The van der Waals surface area contributed by atoms with Crippen molar-refractivity contribution in [3.63, 3.8) is 0 Å². The van der Waals surface area contributed by atoms with Gasteiger partial charge in [0.15, 0.2) is 6.29 Å². The van der Waals surface area contributed by atoms with Crippen molar-refractivity contribution in [2.24, 2.45) is 21.1 Å². The molecule has 116 heavy (non-hydrogen) atoms. The molecule has 7 aliphatic heterocycles. The predicted molar refractivity (Wildman–Crippen MR) is 451 cm³/mol. The number of rotatable bonds is 19. The number of anilines is 9. The maximum atomic E-state index is 15.4.